The molecule has 0 amide bonds. The molecule has 470 valence electrons. The standard InChI is InChI=1S/C73H120NO8P/c1-3-5-7-9-11-13-15-17-19-21-23-25-27-29-31-32-33-34-35-36-37-38-40-42-44-46-48-50-52-54-56-58-60-62-64-66-73(76)82-71(70-81-83(77,78)80-68-67-74)69-79-72(75)65-63-61-59-57-55-53-51-49-47-45-43-41-39-30-28-26-24-22-20-18-16-14-12-10-8-6-4-2/h5,7,11,13,16-19,22-25,28-31,33-34,36-37,40,42,46,48,52,54,71H,3-4,6,8-10,12,14-15,20-21,26-27,32,35,38-39,41,43-45,47,49-51,53,55-70,74H2,1-2H3,(H,77,78)/b7-5-,13-11-,18-16-,19-17-,24-22-,25-23-,30-28-,31-29-,34-33-,37-36-,42-40-,48-46-,54-52-. The Morgan fingerprint density at radius 1 is 0.373 bits per heavy atom. The number of phosphoric ester groups is 1. The molecule has 0 bridgehead atoms. The molecule has 83 heavy (non-hydrogen) atoms. The number of ether oxygens (including phenoxy) is 2. The van der Waals surface area contributed by atoms with Crippen LogP contribution in [0.15, 0.2) is 158 Å². The van der Waals surface area contributed by atoms with E-state index in [1.54, 1.807) is 0 Å². The van der Waals surface area contributed by atoms with Crippen LogP contribution in [0.1, 0.15) is 258 Å². The summed E-state index contributed by atoms with van der Waals surface area (Å²) in [5.41, 5.74) is 5.39. The molecule has 0 heterocycles. The van der Waals surface area contributed by atoms with E-state index in [1.807, 2.05) is 0 Å². The Bertz CT molecular complexity index is 1920. The molecule has 10 heteroatoms. The maximum Gasteiger partial charge on any atom is 0.472 e. The van der Waals surface area contributed by atoms with Crippen molar-refractivity contribution < 1.29 is 37.6 Å². The highest BCUT2D eigenvalue weighted by atomic mass is 31.2. The van der Waals surface area contributed by atoms with Gasteiger partial charge in [0, 0.05) is 19.4 Å². The topological polar surface area (TPSA) is 134 Å². The molecular formula is C73H120NO8P. The number of hydrogen-bond acceptors (Lipinski definition) is 8. The van der Waals surface area contributed by atoms with Crippen molar-refractivity contribution in [1.29, 1.82) is 0 Å². The Morgan fingerprint density at radius 2 is 0.663 bits per heavy atom. The van der Waals surface area contributed by atoms with Crippen LogP contribution in [-0.2, 0) is 32.7 Å². The smallest absolute Gasteiger partial charge is 0.462 e. The second kappa shape index (κ2) is 66.8. The molecule has 0 aliphatic carbocycles. The summed E-state index contributed by atoms with van der Waals surface area (Å²) in [6, 6.07) is 0. The van der Waals surface area contributed by atoms with Gasteiger partial charge in [0.1, 0.15) is 6.61 Å². The molecular weight excluding hydrogens is 1050 g/mol. The highest BCUT2D eigenvalue weighted by molar-refractivity contribution is 7.47. The quantitative estimate of drug-likeness (QED) is 0.0264. The fourth-order valence-electron chi connectivity index (χ4n) is 8.55. The van der Waals surface area contributed by atoms with Gasteiger partial charge in [0.2, 0.25) is 0 Å². The van der Waals surface area contributed by atoms with Crippen LogP contribution >= 0.6 is 7.82 Å². The Labute approximate surface area is 509 Å². The molecule has 0 radical (unpaired) electrons. The fraction of sp³-hybridized carbons (Fsp3) is 0.616. The van der Waals surface area contributed by atoms with E-state index in [2.05, 4.69) is 172 Å². The number of esters is 2. The monoisotopic (exact) mass is 1170 g/mol. The van der Waals surface area contributed by atoms with Gasteiger partial charge in [-0.3, -0.25) is 18.6 Å². The minimum absolute atomic E-state index is 0.0403. The van der Waals surface area contributed by atoms with Crippen molar-refractivity contribution in [3.63, 3.8) is 0 Å². The SMILES string of the molecule is CC/C=C\C/C=C\C/C=C\C/C=C\C/C=C\C/C=C\C/C=C\C/C=C\C/C=C\C/C=C\CCCCCCC(=O)OC(COC(=O)CCCCCCCCCCCCCC/C=C\C/C=C\C/C=C\CCCCCCC)COP(=O)(O)OCCN. The van der Waals surface area contributed by atoms with Gasteiger partial charge in [-0.05, 0) is 128 Å². The van der Waals surface area contributed by atoms with E-state index in [4.69, 9.17) is 24.3 Å². The summed E-state index contributed by atoms with van der Waals surface area (Å²) < 4.78 is 33.1. The summed E-state index contributed by atoms with van der Waals surface area (Å²) in [5, 5.41) is 0. The number of carbonyl (C=O) groups is 2. The van der Waals surface area contributed by atoms with Crippen LogP contribution in [0.3, 0.4) is 0 Å². The van der Waals surface area contributed by atoms with E-state index in [0.717, 1.165) is 128 Å². The Balaban J connectivity index is 4.05. The first kappa shape index (κ1) is 78.6. The molecule has 3 N–H and O–H groups in total. The van der Waals surface area contributed by atoms with Gasteiger partial charge in [-0.1, -0.05) is 275 Å². The van der Waals surface area contributed by atoms with Crippen molar-refractivity contribution in [3.05, 3.63) is 158 Å². The Hall–Kier alpha value is -4.37. The lowest BCUT2D eigenvalue weighted by molar-refractivity contribution is -0.161. The van der Waals surface area contributed by atoms with Crippen LogP contribution in [0.5, 0.6) is 0 Å². The van der Waals surface area contributed by atoms with Gasteiger partial charge in [-0.15, -0.1) is 0 Å². The maximum absolute atomic E-state index is 12.7. The Morgan fingerprint density at radius 3 is 0.988 bits per heavy atom. The van der Waals surface area contributed by atoms with Crippen molar-refractivity contribution in [2.45, 2.75) is 264 Å². The van der Waals surface area contributed by atoms with Gasteiger partial charge in [0.25, 0.3) is 0 Å². The lowest BCUT2D eigenvalue weighted by Crippen LogP contribution is -2.29. The number of carbonyl (C=O) groups excluding carboxylic acids is 2. The normalized spacial score (nSPS) is 14.0. The summed E-state index contributed by atoms with van der Waals surface area (Å²) in [6.45, 7) is 3.58. The number of phosphoric acid groups is 1. The zero-order chi connectivity index (χ0) is 60.1. The van der Waals surface area contributed by atoms with Gasteiger partial charge in [0.15, 0.2) is 6.10 Å². The third kappa shape index (κ3) is 66.6. The van der Waals surface area contributed by atoms with E-state index in [-0.39, 0.29) is 32.6 Å². The summed E-state index contributed by atoms with van der Waals surface area (Å²) in [6.07, 6.45) is 97.4. The number of hydrogen-bond donors (Lipinski definition) is 2. The first-order valence-electron chi connectivity index (χ1n) is 33.0. The van der Waals surface area contributed by atoms with Crippen LogP contribution in [0.25, 0.3) is 0 Å². The van der Waals surface area contributed by atoms with Crippen molar-refractivity contribution in [2.24, 2.45) is 5.73 Å². The summed E-state index contributed by atoms with van der Waals surface area (Å²) in [5.74, 6) is -0.867. The largest absolute Gasteiger partial charge is 0.472 e. The van der Waals surface area contributed by atoms with Gasteiger partial charge >= 0.3 is 19.8 Å². The number of allylic oxidation sites excluding steroid dienone is 26. The molecule has 0 fully saturated rings. The van der Waals surface area contributed by atoms with Crippen molar-refractivity contribution in [2.75, 3.05) is 26.4 Å². The summed E-state index contributed by atoms with van der Waals surface area (Å²) in [7, 11) is -4.41. The zero-order valence-corrected chi connectivity index (χ0v) is 53.5. The van der Waals surface area contributed by atoms with Crippen LogP contribution in [0.4, 0.5) is 0 Å². The third-order valence-electron chi connectivity index (χ3n) is 13.4. The zero-order valence-electron chi connectivity index (χ0n) is 52.6. The van der Waals surface area contributed by atoms with Crippen LogP contribution in [0.2, 0.25) is 0 Å². The molecule has 2 unspecified atom stereocenters. The van der Waals surface area contributed by atoms with E-state index >= 15 is 0 Å². The van der Waals surface area contributed by atoms with Crippen LogP contribution < -0.4 is 5.73 Å². The molecule has 0 aromatic carbocycles. The van der Waals surface area contributed by atoms with E-state index in [0.29, 0.717) is 6.42 Å². The molecule has 0 rings (SSSR count). The summed E-state index contributed by atoms with van der Waals surface area (Å²) >= 11 is 0. The molecule has 0 saturated heterocycles. The lowest BCUT2D eigenvalue weighted by Gasteiger charge is -2.19. The first-order chi connectivity index (χ1) is 40.8. The predicted molar refractivity (Wildman–Crippen MR) is 357 cm³/mol. The van der Waals surface area contributed by atoms with Crippen LogP contribution in [-0.4, -0.2) is 49.3 Å². The second-order valence-electron chi connectivity index (χ2n) is 21.2. The van der Waals surface area contributed by atoms with Gasteiger partial charge in [-0.25, -0.2) is 4.57 Å². The van der Waals surface area contributed by atoms with Crippen molar-refractivity contribution in [1.82, 2.24) is 0 Å². The highest BCUT2D eigenvalue weighted by Crippen LogP contribution is 2.43. The predicted octanol–water partition coefficient (Wildman–Crippen LogP) is 21.6. The molecule has 9 nitrogen and oxygen atoms in total. The maximum atomic E-state index is 12.7. The van der Waals surface area contributed by atoms with Crippen molar-refractivity contribution in [3.8, 4) is 0 Å². The second-order valence-corrected chi connectivity index (χ2v) is 22.7. The van der Waals surface area contributed by atoms with Gasteiger partial charge in [0.05, 0.1) is 13.2 Å². The van der Waals surface area contributed by atoms with E-state index in [9.17, 15) is 19.0 Å². The molecule has 2 atom stereocenters. The number of rotatable bonds is 60. The van der Waals surface area contributed by atoms with E-state index < -0.39 is 32.5 Å². The summed E-state index contributed by atoms with van der Waals surface area (Å²) in [4.78, 5) is 35.3. The molecule has 0 aromatic rings. The first-order valence-corrected chi connectivity index (χ1v) is 34.5. The highest BCUT2D eigenvalue weighted by Gasteiger charge is 2.26. The average molecular weight is 1170 g/mol. The minimum Gasteiger partial charge on any atom is -0.462 e. The molecule has 0 aliphatic rings. The number of unbranched alkanes of at least 4 members (excludes halogenated alkanes) is 21. The average Bonchev–Trinajstić information content (AvgIpc) is 3.48. The molecule has 0 spiro atoms. The van der Waals surface area contributed by atoms with Crippen LogP contribution in [0, 0.1) is 0 Å². The number of nitrogens with two attached hydrogens (primary N) is 1. The molecule has 0 aromatic heterocycles. The van der Waals surface area contributed by atoms with Crippen molar-refractivity contribution >= 4 is 19.8 Å². The fourth-order valence-corrected chi connectivity index (χ4v) is 9.32. The van der Waals surface area contributed by atoms with Gasteiger partial charge < -0.3 is 20.1 Å². The molecule has 0 saturated carbocycles. The Kier molecular flexibility index (Phi) is 63.3. The van der Waals surface area contributed by atoms with E-state index in [1.165, 1.54) is 96.3 Å². The minimum atomic E-state index is -4.41. The third-order valence-corrected chi connectivity index (χ3v) is 14.4. The molecule has 0 aliphatic heterocycles. The lowest BCUT2D eigenvalue weighted by atomic mass is 10.0. The van der Waals surface area contributed by atoms with Gasteiger partial charge in [-0.2, -0.15) is 0 Å².